The number of esters is 1. The molecule has 0 radical (unpaired) electrons. The molecule has 1 unspecified atom stereocenters. The van der Waals surface area contributed by atoms with E-state index in [9.17, 15) is 9.59 Å². The van der Waals surface area contributed by atoms with Crippen LogP contribution in [-0.2, 0) is 19.0 Å². The van der Waals surface area contributed by atoms with Crippen molar-refractivity contribution < 1.29 is 23.8 Å². The van der Waals surface area contributed by atoms with Crippen LogP contribution in [0.25, 0.3) is 0 Å². The first-order valence-electron chi connectivity index (χ1n) is 5.66. The standard InChI is InChI=1S/C11H15NO5/c1-8-7-15-10(16-8)9(13)17-11(14)12-5-3-2-4-6-12/h7,10H,2-6H2,1H3. The molecule has 0 aliphatic carbocycles. The Kier molecular flexibility index (Phi) is 3.51. The minimum Gasteiger partial charge on any atom is -0.450 e. The highest BCUT2D eigenvalue weighted by Gasteiger charge is 2.31. The van der Waals surface area contributed by atoms with Gasteiger partial charge in [0.1, 0.15) is 12.0 Å². The summed E-state index contributed by atoms with van der Waals surface area (Å²) in [6.45, 7) is 2.92. The molecule has 94 valence electrons. The fourth-order valence-corrected chi connectivity index (χ4v) is 1.76. The number of ether oxygens (including phenoxy) is 3. The quantitative estimate of drug-likeness (QED) is 0.512. The van der Waals surface area contributed by atoms with Gasteiger partial charge in [0.05, 0.1) is 0 Å². The van der Waals surface area contributed by atoms with Gasteiger partial charge in [-0.25, -0.2) is 9.59 Å². The van der Waals surface area contributed by atoms with E-state index in [1.165, 1.54) is 11.2 Å². The molecule has 0 aromatic heterocycles. The van der Waals surface area contributed by atoms with Crippen LogP contribution in [0.3, 0.4) is 0 Å². The molecule has 0 saturated carbocycles. The Labute approximate surface area is 99.1 Å². The van der Waals surface area contributed by atoms with Crippen LogP contribution in [0.5, 0.6) is 0 Å². The number of carbonyl (C=O) groups excluding carboxylic acids is 2. The van der Waals surface area contributed by atoms with Crippen LogP contribution in [0.4, 0.5) is 4.79 Å². The fraction of sp³-hybridized carbons (Fsp3) is 0.636. The van der Waals surface area contributed by atoms with Crippen LogP contribution in [0.15, 0.2) is 12.0 Å². The lowest BCUT2D eigenvalue weighted by molar-refractivity contribution is -0.164. The summed E-state index contributed by atoms with van der Waals surface area (Å²) >= 11 is 0. The van der Waals surface area contributed by atoms with Crippen molar-refractivity contribution in [1.29, 1.82) is 0 Å². The monoisotopic (exact) mass is 241 g/mol. The van der Waals surface area contributed by atoms with E-state index in [0.717, 1.165) is 19.3 Å². The predicted octanol–water partition coefficient (Wildman–Crippen LogP) is 1.37. The van der Waals surface area contributed by atoms with Crippen LogP contribution in [0, 0.1) is 0 Å². The van der Waals surface area contributed by atoms with Crippen LogP contribution in [0.1, 0.15) is 26.2 Å². The van der Waals surface area contributed by atoms with Crippen LogP contribution in [-0.4, -0.2) is 36.3 Å². The number of likely N-dealkylation sites (tertiary alicyclic amines) is 1. The minimum atomic E-state index is -1.15. The first-order chi connectivity index (χ1) is 8.16. The van der Waals surface area contributed by atoms with Gasteiger partial charge in [0.15, 0.2) is 0 Å². The van der Waals surface area contributed by atoms with Gasteiger partial charge in [-0.2, -0.15) is 0 Å². The van der Waals surface area contributed by atoms with Crippen LogP contribution >= 0.6 is 0 Å². The van der Waals surface area contributed by atoms with E-state index in [1.54, 1.807) is 6.92 Å². The summed E-state index contributed by atoms with van der Waals surface area (Å²) in [7, 11) is 0. The van der Waals surface area contributed by atoms with Gasteiger partial charge in [-0.15, -0.1) is 0 Å². The van der Waals surface area contributed by atoms with Crippen molar-refractivity contribution in [3.8, 4) is 0 Å². The molecule has 2 aliphatic rings. The second-order valence-corrected chi connectivity index (χ2v) is 4.05. The Bertz CT molecular complexity index is 334. The molecular weight excluding hydrogens is 226 g/mol. The largest absolute Gasteiger partial charge is 0.450 e. The zero-order valence-electron chi connectivity index (χ0n) is 9.68. The molecular formula is C11H15NO5. The predicted molar refractivity (Wildman–Crippen MR) is 56.6 cm³/mol. The van der Waals surface area contributed by atoms with Gasteiger partial charge in [-0.3, -0.25) is 0 Å². The van der Waals surface area contributed by atoms with E-state index in [4.69, 9.17) is 9.47 Å². The Balaban J connectivity index is 1.80. The highest BCUT2D eigenvalue weighted by Crippen LogP contribution is 2.15. The Morgan fingerprint density at radius 2 is 2.06 bits per heavy atom. The van der Waals surface area contributed by atoms with E-state index >= 15 is 0 Å². The molecule has 1 saturated heterocycles. The van der Waals surface area contributed by atoms with Gasteiger partial charge in [0, 0.05) is 13.1 Å². The smallest absolute Gasteiger partial charge is 0.417 e. The van der Waals surface area contributed by atoms with E-state index in [2.05, 4.69) is 4.74 Å². The molecule has 2 rings (SSSR count). The number of hydrogen-bond donors (Lipinski definition) is 0. The number of allylic oxidation sites excluding steroid dienone is 1. The summed E-state index contributed by atoms with van der Waals surface area (Å²) in [6, 6.07) is 0. The molecule has 1 fully saturated rings. The zero-order chi connectivity index (χ0) is 12.3. The highest BCUT2D eigenvalue weighted by molar-refractivity contribution is 5.86. The highest BCUT2D eigenvalue weighted by atomic mass is 16.7. The first-order valence-corrected chi connectivity index (χ1v) is 5.66. The Hall–Kier alpha value is -1.72. The van der Waals surface area contributed by atoms with Crippen molar-refractivity contribution >= 4 is 12.1 Å². The summed E-state index contributed by atoms with van der Waals surface area (Å²) in [6.07, 6.45) is 2.54. The van der Waals surface area contributed by atoms with Crippen molar-refractivity contribution in [1.82, 2.24) is 4.90 Å². The second kappa shape index (κ2) is 5.07. The van der Waals surface area contributed by atoms with Gasteiger partial charge >= 0.3 is 18.4 Å². The second-order valence-electron chi connectivity index (χ2n) is 4.05. The molecule has 1 amide bonds. The Morgan fingerprint density at radius 3 is 2.65 bits per heavy atom. The molecule has 0 N–H and O–H groups in total. The fourth-order valence-electron chi connectivity index (χ4n) is 1.76. The van der Waals surface area contributed by atoms with Gasteiger partial charge in [-0.1, -0.05) is 0 Å². The number of piperidine rings is 1. The number of rotatable bonds is 1. The van der Waals surface area contributed by atoms with Crippen molar-refractivity contribution in [3.05, 3.63) is 12.0 Å². The third kappa shape index (κ3) is 2.89. The molecule has 6 nitrogen and oxygen atoms in total. The van der Waals surface area contributed by atoms with Crippen molar-refractivity contribution in [2.75, 3.05) is 13.1 Å². The lowest BCUT2D eigenvalue weighted by atomic mass is 10.1. The molecule has 2 aliphatic heterocycles. The summed E-state index contributed by atoms with van der Waals surface area (Å²) in [5, 5.41) is 0. The summed E-state index contributed by atoms with van der Waals surface area (Å²) in [4.78, 5) is 24.6. The van der Waals surface area contributed by atoms with E-state index in [-0.39, 0.29) is 0 Å². The van der Waals surface area contributed by atoms with Crippen LogP contribution < -0.4 is 0 Å². The maximum Gasteiger partial charge on any atom is 0.417 e. The molecule has 17 heavy (non-hydrogen) atoms. The summed E-state index contributed by atoms with van der Waals surface area (Å²) in [5.41, 5.74) is 0. The average Bonchev–Trinajstić information content (AvgIpc) is 2.77. The molecule has 2 heterocycles. The van der Waals surface area contributed by atoms with Crippen LogP contribution in [0.2, 0.25) is 0 Å². The number of nitrogens with zero attached hydrogens (tertiary/aromatic N) is 1. The maximum atomic E-state index is 11.6. The lowest BCUT2D eigenvalue weighted by Crippen LogP contribution is -2.39. The summed E-state index contributed by atoms with van der Waals surface area (Å²) in [5.74, 6) is -0.328. The molecule has 0 aromatic carbocycles. The zero-order valence-corrected chi connectivity index (χ0v) is 9.68. The SMILES string of the molecule is CC1=COC(C(=O)OC(=O)N2CCCCC2)O1. The van der Waals surface area contributed by atoms with Crippen molar-refractivity contribution in [3.63, 3.8) is 0 Å². The molecule has 1 atom stereocenters. The van der Waals surface area contributed by atoms with Gasteiger partial charge in [0.2, 0.25) is 0 Å². The molecule has 0 spiro atoms. The first kappa shape index (κ1) is 11.8. The van der Waals surface area contributed by atoms with Gasteiger partial charge in [-0.05, 0) is 26.2 Å². The normalized spacial score (nSPS) is 23.5. The molecule has 6 heteroatoms. The van der Waals surface area contributed by atoms with E-state index in [1.807, 2.05) is 0 Å². The third-order valence-corrected chi connectivity index (χ3v) is 2.65. The molecule has 0 aromatic rings. The third-order valence-electron chi connectivity index (χ3n) is 2.65. The van der Waals surface area contributed by atoms with Crippen molar-refractivity contribution in [2.45, 2.75) is 32.5 Å². The topological polar surface area (TPSA) is 65.1 Å². The number of hydrogen-bond acceptors (Lipinski definition) is 5. The average molecular weight is 241 g/mol. The van der Waals surface area contributed by atoms with Crippen molar-refractivity contribution in [2.24, 2.45) is 0 Å². The maximum absolute atomic E-state index is 11.6. The Morgan fingerprint density at radius 1 is 1.35 bits per heavy atom. The lowest BCUT2D eigenvalue weighted by Gasteiger charge is -2.25. The van der Waals surface area contributed by atoms with Gasteiger partial charge < -0.3 is 19.1 Å². The number of amides is 1. The minimum absolute atomic E-state index is 0.484. The van der Waals surface area contributed by atoms with E-state index < -0.39 is 18.4 Å². The van der Waals surface area contributed by atoms with Gasteiger partial charge in [0.25, 0.3) is 0 Å². The molecule has 0 bridgehead atoms. The number of carbonyl (C=O) groups is 2. The summed E-state index contributed by atoms with van der Waals surface area (Å²) < 4.78 is 14.6. The van der Waals surface area contributed by atoms with E-state index in [0.29, 0.717) is 18.8 Å².